The molecule has 0 aliphatic carbocycles. The third-order valence-electron chi connectivity index (χ3n) is 4.25. The van der Waals surface area contributed by atoms with E-state index in [4.69, 9.17) is 5.73 Å². The van der Waals surface area contributed by atoms with E-state index in [2.05, 4.69) is 40.8 Å². The molecule has 1 fully saturated rings. The molecule has 0 spiro atoms. The van der Waals surface area contributed by atoms with Crippen LogP contribution < -0.4 is 16.2 Å². The van der Waals surface area contributed by atoms with Gasteiger partial charge in [-0.2, -0.15) is 0 Å². The van der Waals surface area contributed by atoms with E-state index >= 15 is 0 Å². The van der Waals surface area contributed by atoms with Gasteiger partial charge in [-0.15, -0.1) is 0 Å². The van der Waals surface area contributed by atoms with Crippen LogP contribution >= 0.6 is 0 Å². The van der Waals surface area contributed by atoms with Crippen LogP contribution in [0.25, 0.3) is 10.9 Å². The normalized spacial score (nSPS) is 22.4. The smallest absolute Gasteiger partial charge is 0.260 e. The minimum absolute atomic E-state index is 0.136. The number of aromatic nitrogens is 2. The molecule has 1 aliphatic heterocycles. The number of hydrogen-bond donors (Lipinski definition) is 2. The molecule has 1 saturated heterocycles. The molecule has 1 aliphatic rings. The summed E-state index contributed by atoms with van der Waals surface area (Å²) in [6.45, 7) is 3.99. The lowest BCUT2D eigenvalue weighted by Gasteiger charge is -2.22. The highest BCUT2D eigenvalue weighted by atomic mass is 16.1. The molecule has 112 valence electrons. The number of hydrogen-bond acceptors (Lipinski definition) is 5. The molecule has 21 heavy (non-hydrogen) atoms. The monoisotopic (exact) mass is 287 g/mol. The number of aromatic amines is 1. The van der Waals surface area contributed by atoms with Crippen LogP contribution in [0.5, 0.6) is 0 Å². The van der Waals surface area contributed by atoms with Gasteiger partial charge < -0.3 is 15.5 Å². The van der Waals surface area contributed by atoms with Crippen LogP contribution in [0, 0.1) is 5.92 Å². The summed E-state index contributed by atoms with van der Waals surface area (Å²) in [5.74, 6) is 1.18. The minimum atomic E-state index is -0.136. The first-order valence-corrected chi connectivity index (χ1v) is 7.16. The average molecular weight is 287 g/mol. The number of fused-ring (bicyclic) bond motifs is 1. The lowest BCUT2D eigenvalue weighted by Crippen LogP contribution is -2.34. The molecular formula is C15H21N5O. The number of nitrogens with two attached hydrogens (primary N) is 1. The van der Waals surface area contributed by atoms with Gasteiger partial charge in [-0.25, -0.2) is 4.98 Å². The molecule has 1 aromatic carbocycles. The van der Waals surface area contributed by atoms with Crippen molar-refractivity contribution in [2.45, 2.75) is 13.0 Å². The maximum absolute atomic E-state index is 12.2. The summed E-state index contributed by atoms with van der Waals surface area (Å²) >= 11 is 0. The van der Waals surface area contributed by atoms with E-state index in [1.165, 1.54) is 0 Å². The van der Waals surface area contributed by atoms with E-state index in [1.807, 2.05) is 0 Å². The molecule has 6 nitrogen and oxygen atoms in total. The van der Waals surface area contributed by atoms with E-state index in [9.17, 15) is 4.79 Å². The van der Waals surface area contributed by atoms with Crippen molar-refractivity contribution in [2.75, 3.05) is 37.8 Å². The molecule has 3 rings (SSSR count). The number of likely N-dealkylation sites (N-methyl/N-ethyl adjacent to an activating group) is 1. The molecule has 0 radical (unpaired) electrons. The van der Waals surface area contributed by atoms with Crippen molar-refractivity contribution in [3.63, 3.8) is 0 Å². The highest BCUT2D eigenvalue weighted by molar-refractivity contribution is 5.81. The number of H-pyrrole nitrogens is 1. The zero-order chi connectivity index (χ0) is 15.1. The first-order valence-electron chi connectivity index (χ1n) is 7.16. The maximum Gasteiger partial charge on any atom is 0.260 e. The van der Waals surface area contributed by atoms with Gasteiger partial charge >= 0.3 is 0 Å². The molecule has 2 atom stereocenters. The SMILES string of the molecule is CC1CN(c2nc3ccc(N)cc3c(=O)[nH]2)CC1N(C)C. The highest BCUT2D eigenvalue weighted by Crippen LogP contribution is 2.24. The van der Waals surface area contributed by atoms with Gasteiger partial charge in [0.1, 0.15) is 0 Å². The molecule has 6 heteroatoms. The summed E-state index contributed by atoms with van der Waals surface area (Å²) in [5.41, 5.74) is 6.85. The van der Waals surface area contributed by atoms with Gasteiger partial charge in [-0.1, -0.05) is 6.92 Å². The summed E-state index contributed by atoms with van der Waals surface area (Å²) in [5, 5.41) is 0.537. The predicted molar refractivity (Wildman–Crippen MR) is 85.6 cm³/mol. The van der Waals surface area contributed by atoms with Crippen LogP contribution in [-0.4, -0.2) is 48.1 Å². The Labute approximate surface area is 123 Å². The highest BCUT2D eigenvalue weighted by Gasteiger charge is 2.32. The number of benzene rings is 1. The second-order valence-electron chi connectivity index (χ2n) is 6.08. The molecule has 0 saturated carbocycles. The van der Waals surface area contributed by atoms with Crippen molar-refractivity contribution in [3.05, 3.63) is 28.6 Å². The maximum atomic E-state index is 12.2. The van der Waals surface area contributed by atoms with Crippen LogP contribution in [0.2, 0.25) is 0 Å². The van der Waals surface area contributed by atoms with Crippen molar-refractivity contribution in [1.82, 2.24) is 14.9 Å². The summed E-state index contributed by atoms with van der Waals surface area (Å²) < 4.78 is 0. The largest absolute Gasteiger partial charge is 0.399 e. The standard InChI is InChI=1S/C15H21N5O/c1-9-7-20(8-13(9)19(2)3)15-17-12-5-4-10(16)6-11(12)14(21)18-15/h4-6,9,13H,7-8,16H2,1-3H3,(H,17,18,21). The van der Waals surface area contributed by atoms with Crippen LogP contribution in [0.3, 0.4) is 0 Å². The van der Waals surface area contributed by atoms with Crippen LogP contribution in [-0.2, 0) is 0 Å². The third kappa shape index (κ3) is 2.47. The topological polar surface area (TPSA) is 78.2 Å². The van der Waals surface area contributed by atoms with Crippen molar-refractivity contribution in [2.24, 2.45) is 5.92 Å². The Balaban J connectivity index is 1.99. The second-order valence-corrected chi connectivity index (χ2v) is 6.08. The van der Waals surface area contributed by atoms with Gasteiger partial charge in [-0.3, -0.25) is 9.78 Å². The summed E-state index contributed by atoms with van der Waals surface area (Å²) in [6, 6.07) is 5.71. The van der Waals surface area contributed by atoms with Crippen molar-refractivity contribution in [1.29, 1.82) is 0 Å². The Morgan fingerprint density at radius 2 is 2.14 bits per heavy atom. The fourth-order valence-electron chi connectivity index (χ4n) is 3.09. The molecule has 3 N–H and O–H groups in total. The molecule has 0 amide bonds. The Morgan fingerprint density at radius 3 is 2.81 bits per heavy atom. The molecule has 2 aromatic rings. The van der Waals surface area contributed by atoms with Gasteiger partial charge in [0.2, 0.25) is 5.95 Å². The fraction of sp³-hybridized carbons (Fsp3) is 0.467. The van der Waals surface area contributed by atoms with Crippen LogP contribution in [0.15, 0.2) is 23.0 Å². The lowest BCUT2D eigenvalue weighted by atomic mass is 10.1. The van der Waals surface area contributed by atoms with Crippen molar-refractivity contribution < 1.29 is 0 Å². The average Bonchev–Trinajstić information content (AvgIpc) is 2.81. The number of nitrogen functional groups attached to an aromatic ring is 1. The van der Waals surface area contributed by atoms with E-state index in [0.29, 0.717) is 34.5 Å². The van der Waals surface area contributed by atoms with Gasteiger partial charge in [0.05, 0.1) is 10.9 Å². The summed E-state index contributed by atoms with van der Waals surface area (Å²) in [6.07, 6.45) is 0. The number of nitrogens with one attached hydrogen (secondary N) is 1. The Bertz CT molecular complexity index is 724. The van der Waals surface area contributed by atoms with E-state index in [1.54, 1.807) is 18.2 Å². The van der Waals surface area contributed by atoms with E-state index < -0.39 is 0 Å². The number of rotatable bonds is 2. The Morgan fingerprint density at radius 1 is 1.38 bits per heavy atom. The van der Waals surface area contributed by atoms with Crippen molar-refractivity contribution in [3.8, 4) is 0 Å². The van der Waals surface area contributed by atoms with Crippen LogP contribution in [0.1, 0.15) is 6.92 Å². The summed E-state index contributed by atoms with van der Waals surface area (Å²) in [4.78, 5) is 24.1. The number of anilines is 2. The van der Waals surface area contributed by atoms with E-state index in [0.717, 1.165) is 13.1 Å². The second kappa shape index (κ2) is 5.04. The fourth-order valence-corrected chi connectivity index (χ4v) is 3.09. The molecule has 2 unspecified atom stereocenters. The van der Waals surface area contributed by atoms with Gasteiger partial charge in [0.25, 0.3) is 5.56 Å². The molecule has 1 aromatic heterocycles. The molecular weight excluding hydrogens is 266 g/mol. The third-order valence-corrected chi connectivity index (χ3v) is 4.25. The van der Waals surface area contributed by atoms with Gasteiger partial charge in [0.15, 0.2) is 0 Å². The van der Waals surface area contributed by atoms with Gasteiger partial charge in [0, 0.05) is 24.8 Å². The lowest BCUT2D eigenvalue weighted by molar-refractivity contribution is 0.266. The van der Waals surface area contributed by atoms with Crippen molar-refractivity contribution >= 4 is 22.5 Å². The van der Waals surface area contributed by atoms with Gasteiger partial charge in [-0.05, 0) is 38.2 Å². The van der Waals surface area contributed by atoms with Crippen LogP contribution in [0.4, 0.5) is 11.6 Å². The quantitative estimate of drug-likeness (QED) is 0.802. The first kappa shape index (κ1) is 13.9. The molecule has 0 bridgehead atoms. The Hall–Kier alpha value is -2.08. The predicted octanol–water partition coefficient (Wildman–Crippen LogP) is 0.892. The zero-order valence-electron chi connectivity index (χ0n) is 12.6. The minimum Gasteiger partial charge on any atom is -0.399 e. The number of nitrogens with zero attached hydrogens (tertiary/aromatic N) is 3. The van der Waals surface area contributed by atoms with E-state index in [-0.39, 0.29) is 5.56 Å². The Kier molecular flexibility index (Phi) is 3.33. The zero-order valence-corrected chi connectivity index (χ0v) is 12.6. The summed E-state index contributed by atoms with van der Waals surface area (Å²) in [7, 11) is 4.17. The molecule has 2 heterocycles. The first-order chi connectivity index (χ1) is 9.95.